The number of nitrogen functional groups attached to an aromatic ring is 2. The molecule has 10 N–H and O–H groups in total. The highest BCUT2D eigenvalue weighted by atomic mass is 32.1. The first-order chi connectivity index (χ1) is 58.9. The Bertz CT molecular complexity index is 5710. The molecule has 0 bridgehead atoms. The molecule has 0 unspecified atom stereocenters. The van der Waals surface area contributed by atoms with Crippen LogP contribution in [0.5, 0.6) is 23.3 Å². The zero-order valence-electron chi connectivity index (χ0n) is 69.2. The van der Waals surface area contributed by atoms with Crippen LogP contribution in [-0.2, 0) is 38.7 Å². The van der Waals surface area contributed by atoms with Gasteiger partial charge in [-0.15, -0.1) is 43.1 Å². The Morgan fingerprint density at radius 2 is 1.02 bits per heavy atom. The van der Waals surface area contributed by atoms with Gasteiger partial charge in [0.1, 0.15) is 48.6 Å². The number of carbonyl (C=O) groups is 4. The second kappa shape index (κ2) is 36.5. The number of nitrogens with zero attached hydrogens (tertiary/aromatic N) is 16. The number of rotatable bonds is 30. The van der Waals surface area contributed by atoms with Crippen molar-refractivity contribution in [2.45, 2.75) is 155 Å². The number of hydrogen-bond donors (Lipinski definition) is 8. The lowest BCUT2D eigenvalue weighted by Crippen LogP contribution is -2.48. The Morgan fingerprint density at radius 3 is 1.49 bits per heavy atom. The smallest absolute Gasteiger partial charge is 0.254 e. The number of anilines is 2. The molecule has 16 rings (SSSR count). The molecule has 34 heteroatoms. The summed E-state index contributed by atoms with van der Waals surface area (Å²) < 4.78 is 27.6. The van der Waals surface area contributed by atoms with Gasteiger partial charge >= 0.3 is 0 Å². The van der Waals surface area contributed by atoms with Gasteiger partial charge in [0.15, 0.2) is 34.2 Å². The molecule has 4 aliphatic heterocycles. The van der Waals surface area contributed by atoms with Crippen LogP contribution in [0.4, 0.5) is 11.6 Å². The second-order valence-electron chi connectivity index (χ2n) is 33.3. The maximum Gasteiger partial charge on any atom is 0.254 e. The Balaban J connectivity index is 0.480. The van der Waals surface area contributed by atoms with Crippen molar-refractivity contribution in [1.29, 1.82) is 0 Å². The highest BCUT2D eigenvalue weighted by molar-refractivity contribution is 7.13. The number of ether oxygens (including phenoxy) is 2. The van der Waals surface area contributed by atoms with Crippen molar-refractivity contribution in [2.24, 2.45) is 23.7 Å². The van der Waals surface area contributed by atoms with E-state index in [0.717, 1.165) is 106 Å². The summed E-state index contributed by atoms with van der Waals surface area (Å²) in [4.78, 5) is 76.0. The minimum atomic E-state index is -0.931. The normalized spacial score (nSPS) is 18.6. The van der Waals surface area contributed by atoms with Crippen LogP contribution in [0, 0.1) is 30.6 Å². The van der Waals surface area contributed by atoms with Crippen molar-refractivity contribution >= 4 is 80.0 Å². The van der Waals surface area contributed by atoms with Crippen LogP contribution in [0.15, 0.2) is 135 Å². The third kappa shape index (κ3) is 18.4. The monoisotopic (exact) mass is 1690 g/mol. The van der Waals surface area contributed by atoms with Crippen molar-refractivity contribution in [3.05, 3.63) is 166 Å². The highest BCUT2D eigenvalue weighted by Crippen LogP contribution is 2.40. The number of aryl methyl sites for hydroxylation is 1. The number of phenolic OH excluding ortho intramolecular Hbond substituents is 2. The van der Waals surface area contributed by atoms with E-state index in [2.05, 4.69) is 61.2 Å². The number of fused-ring (bicyclic) bond motifs is 2. The SMILES string of the molecule is Cc1ncsc1-c1ccc([C@H](C)NC(=O)[C@@H]2C[C@@H](O)CN2C(=O)[C@H](c2cc(OCCN3CCC(Cn4nc(N)c5nnc(-c6cc(Cc7ncsc7-c7ccc([C@H](C)NC(=O)[C@@H]8C[C@@H](O)CN8C(=O)[C@@H](c8cc(OCCN9CCC(Cn%10nc(N)c%11nnc(-c%12ccccc%12O)cc%11%10)CC9)no8)C(C)C)cc7)ccc6O)cc54)CC3)no2)C(C)C)cc1. The molecule has 4 aliphatic rings. The molecule has 12 heterocycles. The number of nitrogens with one attached hydrogen (secondary N) is 2. The molecule has 0 spiro atoms. The molecule has 32 nitrogen and oxygen atoms in total. The molecule has 8 aromatic heterocycles. The van der Waals surface area contributed by atoms with E-state index in [1.54, 1.807) is 47.7 Å². The molecule has 122 heavy (non-hydrogen) atoms. The molecule has 4 saturated heterocycles. The number of para-hydroxylation sites is 1. The summed E-state index contributed by atoms with van der Waals surface area (Å²) in [6.45, 7) is 19.9. The molecule has 0 aliphatic carbocycles. The number of aromatic nitrogens is 12. The van der Waals surface area contributed by atoms with Crippen molar-refractivity contribution < 1.29 is 58.1 Å². The van der Waals surface area contributed by atoms with Gasteiger partial charge in [0, 0.05) is 81.8 Å². The standard InChI is InChI=1S/C88H102N20O12S2/c1-48(2)77(87(115)105-44-60(109)36-69(105)85(113)93-50(5)56-13-17-58(18-14-56)81-52(7)91-46-121-81)73-40-76(102-119-73)118-33-31-104-28-24-54(25-29-104)43-108-68-39-65(96-98-80(68)84(90)100-108)63-34-55(12-21-72(63)112)35-66-82(122-47-92-66)59-19-15-57(16-20-59)51(6)94-86(114)70-37-61(110)45-106(70)88(116)78(49(3)4)74-41-75(101-120-74)117-32-30-103-26-22-53(23-27-103)42-107-67-38-64(62-10-8-9-11-71(62)111)95-97-79(67)83(89)99-107/h8-21,34,38-41,46-51,53-54,60-61,69-70,77-78,109-112H,22-33,35-37,42-45H2,1-7H3,(H2,89,99)(H2,90,100)(H,93,113)(H,94,114)/t50-,51-,60+,61+,69-,70-,77-,78+/m0/s1. The summed E-state index contributed by atoms with van der Waals surface area (Å²) in [5, 5.41) is 85.3. The number of β-amino-alcohol motifs (C(OH)–C–C–N with tert-alkyl or cyclic N) is 2. The molecule has 12 aromatic rings. The van der Waals surface area contributed by atoms with Crippen molar-refractivity contribution in [3.63, 3.8) is 0 Å². The Kier molecular flexibility index (Phi) is 25.1. The summed E-state index contributed by atoms with van der Waals surface area (Å²) in [7, 11) is 0. The van der Waals surface area contributed by atoms with E-state index in [0.29, 0.717) is 108 Å². The van der Waals surface area contributed by atoms with Crippen LogP contribution in [0.1, 0.15) is 144 Å². The Hall–Kier alpha value is -11.8. The van der Waals surface area contributed by atoms with Crippen LogP contribution >= 0.6 is 22.7 Å². The molecule has 4 aromatic carbocycles. The number of piperidine rings is 2. The zero-order valence-corrected chi connectivity index (χ0v) is 70.8. The number of thiazole rings is 2. The zero-order chi connectivity index (χ0) is 85.1. The molecule has 4 amide bonds. The van der Waals surface area contributed by atoms with Gasteiger partial charge in [0.2, 0.25) is 23.6 Å². The molecule has 0 radical (unpaired) electrons. The van der Waals surface area contributed by atoms with Crippen molar-refractivity contribution in [3.8, 4) is 66.7 Å². The predicted octanol–water partition coefficient (Wildman–Crippen LogP) is 10.7. The maximum atomic E-state index is 14.6. The van der Waals surface area contributed by atoms with Gasteiger partial charge in [-0.1, -0.05) is 94.4 Å². The Labute approximate surface area is 712 Å². The van der Waals surface area contributed by atoms with E-state index in [1.165, 1.54) is 21.1 Å². The van der Waals surface area contributed by atoms with E-state index in [9.17, 15) is 39.6 Å². The number of aliphatic hydroxyl groups is 2. The minimum absolute atomic E-state index is 0.0170. The van der Waals surface area contributed by atoms with E-state index < -0.39 is 42.2 Å². The quantitative estimate of drug-likeness (QED) is 0.0207. The summed E-state index contributed by atoms with van der Waals surface area (Å²) in [6, 6.07) is 32.8. The van der Waals surface area contributed by atoms with Crippen molar-refractivity contribution in [2.75, 3.05) is 77.0 Å². The van der Waals surface area contributed by atoms with Crippen LogP contribution in [0.25, 0.3) is 65.5 Å². The predicted molar refractivity (Wildman–Crippen MR) is 459 cm³/mol. The highest BCUT2D eigenvalue weighted by Gasteiger charge is 2.46. The first kappa shape index (κ1) is 83.8. The molecule has 638 valence electrons. The fourth-order valence-electron chi connectivity index (χ4n) is 17.4. The summed E-state index contributed by atoms with van der Waals surface area (Å²) in [5.74, 6) is -0.974. The number of amides is 4. The number of nitrogens with two attached hydrogens (primary N) is 2. The minimum Gasteiger partial charge on any atom is -0.507 e. The van der Waals surface area contributed by atoms with Gasteiger partial charge in [-0.05, 0) is 171 Å². The van der Waals surface area contributed by atoms with Gasteiger partial charge in [-0.2, -0.15) is 10.2 Å². The van der Waals surface area contributed by atoms with Gasteiger partial charge in [-0.25, -0.2) is 9.97 Å². The lowest BCUT2D eigenvalue weighted by atomic mass is 9.91. The number of likely N-dealkylation sites (tertiary alicyclic amines) is 4. The van der Waals surface area contributed by atoms with Gasteiger partial charge in [0.25, 0.3) is 11.8 Å². The second-order valence-corrected chi connectivity index (χ2v) is 35.1. The number of carbonyl (C=O) groups excluding carboxylic acids is 4. The third-order valence-corrected chi connectivity index (χ3v) is 26.1. The van der Waals surface area contributed by atoms with Gasteiger partial charge < -0.3 is 70.8 Å². The number of aromatic hydroxyl groups is 2. The van der Waals surface area contributed by atoms with E-state index in [-0.39, 0.29) is 102 Å². The van der Waals surface area contributed by atoms with Crippen LogP contribution < -0.4 is 31.6 Å². The number of hydrogen-bond acceptors (Lipinski definition) is 28. The average Bonchev–Trinajstić information content (AvgIpc) is 1.61. The first-order valence-corrected chi connectivity index (χ1v) is 43.5. The van der Waals surface area contributed by atoms with E-state index in [4.69, 9.17) is 40.1 Å². The largest absolute Gasteiger partial charge is 0.507 e. The molecular formula is C88H102N20O12S2. The summed E-state index contributed by atoms with van der Waals surface area (Å²) in [6.07, 6.45) is 2.48. The lowest BCUT2D eigenvalue weighted by Gasteiger charge is -2.31. The molecular weight excluding hydrogens is 1590 g/mol. The summed E-state index contributed by atoms with van der Waals surface area (Å²) in [5.41, 5.74) is 27.3. The molecule has 8 atom stereocenters. The average molecular weight is 1700 g/mol. The van der Waals surface area contributed by atoms with Crippen LogP contribution in [-0.4, -0.2) is 214 Å². The maximum absolute atomic E-state index is 14.6. The first-order valence-electron chi connectivity index (χ1n) is 41.8. The third-order valence-electron chi connectivity index (χ3n) is 24.2. The topological polar surface area (TPSA) is 422 Å². The van der Waals surface area contributed by atoms with E-state index >= 15 is 0 Å². The fraction of sp³-hybridized carbons (Fsp3) is 0.432. The number of benzene rings is 4. The van der Waals surface area contributed by atoms with Crippen LogP contribution in [0.2, 0.25) is 0 Å². The number of phenols is 2. The van der Waals surface area contributed by atoms with Gasteiger partial charge in [-0.3, -0.25) is 38.3 Å². The summed E-state index contributed by atoms with van der Waals surface area (Å²) >= 11 is 3.09. The Morgan fingerprint density at radius 1 is 0.557 bits per heavy atom. The van der Waals surface area contributed by atoms with Crippen molar-refractivity contribution in [1.82, 2.24) is 90.5 Å². The molecule has 0 saturated carbocycles. The van der Waals surface area contributed by atoms with Crippen LogP contribution in [0.3, 0.4) is 0 Å². The lowest BCUT2D eigenvalue weighted by molar-refractivity contribution is -0.141. The van der Waals surface area contributed by atoms with E-state index in [1.807, 2.05) is 148 Å². The fourth-order valence-corrected chi connectivity index (χ4v) is 19.0. The molecule has 4 fully saturated rings. The number of aliphatic hydroxyl groups excluding tert-OH is 2. The van der Waals surface area contributed by atoms with Gasteiger partial charge in [0.05, 0.1) is 78.9 Å².